The average molecular weight is 250 g/mol. The number of phenolic OH excluding ortho intramolecular Hbond substituents is 1. The molecule has 0 aliphatic carbocycles. The molecule has 0 fully saturated rings. The summed E-state index contributed by atoms with van der Waals surface area (Å²) in [5.41, 5.74) is 0.682. The molecule has 3 nitrogen and oxygen atoms in total. The molecule has 0 bridgehead atoms. The van der Waals surface area contributed by atoms with Crippen LogP contribution in [0.2, 0.25) is 5.02 Å². The topological polar surface area (TPSA) is 49.3 Å². The van der Waals surface area contributed by atoms with Crippen LogP contribution >= 0.6 is 11.6 Å². The first kappa shape index (κ1) is 11.7. The van der Waals surface area contributed by atoms with E-state index in [1.165, 1.54) is 0 Å². The highest BCUT2D eigenvalue weighted by Crippen LogP contribution is 2.35. The number of nitrogens with one attached hydrogen (secondary N) is 1. The molecule has 0 saturated carbocycles. The van der Waals surface area contributed by atoms with Gasteiger partial charge in [0.2, 0.25) is 5.91 Å². The van der Waals surface area contributed by atoms with Crippen LogP contribution in [-0.4, -0.2) is 11.0 Å². The zero-order valence-corrected chi connectivity index (χ0v) is 10.1. The first-order valence-corrected chi connectivity index (χ1v) is 5.71. The predicted octanol–water partition coefficient (Wildman–Crippen LogP) is 3.55. The van der Waals surface area contributed by atoms with E-state index in [4.69, 9.17) is 11.6 Å². The van der Waals surface area contributed by atoms with Gasteiger partial charge in [-0.05, 0) is 12.1 Å². The molecular formula is C13H12ClNO2. The molecule has 0 atom stereocenters. The van der Waals surface area contributed by atoms with Crippen LogP contribution in [0.3, 0.4) is 0 Å². The van der Waals surface area contributed by atoms with Crippen molar-refractivity contribution in [1.29, 1.82) is 0 Å². The van der Waals surface area contributed by atoms with E-state index in [-0.39, 0.29) is 11.7 Å². The van der Waals surface area contributed by atoms with Crippen molar-refractivity contribution in [2.45, 2.75) is 13.3 Å². The Morgan fingerprint density at radius 1 is 1.29 bits per heavy atom. The minimum absolute atomic E-state index is 0.0387. The summed E-state index contributed by atoms with van der Waals surface area (Å²) in [5, 5.41) is 14.3. The molecule has 0 aromatic heterocycles. The van der Waals surface area contributed by atoms with Gasteiger partial charge in [0, 0.05) is 22.9 Å². The van der Waals surface area contributed by atoms with Crippen molar-refractivity contribution < 1.29 is 9.90 Å². The highest BCUT2D eigenvalue weighted by molar-refractivity contribution is 6.33. The minimum Gasteiger partial charge on any atom is -0.506 e. The lowest BCUT2D eigenvalue weighted by atomic mass is 10.1. The van der Waals surface area contributed by atoms with E-state index in [9.17, 15) is 9.90 Å². The van der Waals surface area contributed by atoms with E-state index in [1.807, 2.05) is 0 Å². The van der Waals surface area contributed by atoms with Gasteiger partial charge in [0.05, 0.1) is 5.02 Å². The Hall–Kier alpha value is -1.74. The number of phenols is 1. The molecule has 0 aliphatic heterocycles. The van der Waals surface area contributed by atoms with E-state index >= 15 is 0 Å². The third-order valence-electron chi connectivity index (χ3n) is 2.58. The zero-order valence-electron chi connectivity index (χ0n) is 9.33. The number of anilines is 1. The van der Waals surface area contributed by atoms with E-state index in [2.05, 4.69) is 5.32 Å². The summed E-state index contributed by atoms with van der Waals surface area (Å²) in [7, 11) is 0. The monoisotopic (exact) mass is 249 g/mol. The second-order valence-corrected chi connectivity index (χ2v) is 4.11. The molecule has 2 N–H and O–H groups in total. The molecule has 0 heterocycles. The molecule has 17 heavy (non-hydrogen) atoms. The Bertz CT molecular complexity index is 581. The Balaban J connectivity index is 2.58. The number of hydrogen-bond acceptors (Lipinski definition) is 2. The maximum atomic E-state index is 11.4. The number of amides is 1. The summed E-state index contributed by atoms with van der Waals surface area (Å²) in [6.07, 6.45) is 0.413. The maximum Gasteiger partial charge on any atom is 0.224 e. The summed E-state index contributed by atoms with van der Waals surface area (Å²) in [6.45, 7) is 1.79. The third-order valence-corrected chi connectivity index (χ3v) is 2.88. The summed E-state index contributed by atoms with van der Waals surface area (Å²) >= 11 is 5.84. The van der Waals surface area contributed by atoms with E-state index in [0.29, 0.717) is 22.5 Å². The molecule has 0 radical (unpaired) electrons. The molecule has 0 unspecified atom stereocenters. The zero-order chi connectivity index (χ0) is 12.4. The normalized spacial score (nSPS) is 10.5. The van der Waals surface area contributed by atoms with Crippen molar-refractivity contribution in [3.05, 3.63) is 35.4 Å². The molecule has 2 aromatic carbocycles. The van der Waals surface area contributed by atoms with Gasteiger partial charge < -0.3 is 10.4 Å². The van der Waals surface area contributed by atoms with E-state index in [1.54, 1.807) is 37.3 Å². The quantitative estimate of drug-likeness (QED) is 0.855. The summed E-state index contributed by atoms with van der Waals surface area (Å²) < 4.78 is 0. The van der Waals surface area contributed by atoms with Gasteiger partial charge in [0.15, 0.2) is 0 Å². The molecule has 0 spiro atoms. The second kappa shape index (κ2) is 4.63. The van der Waals surface area contributed by atoms with Crippen molar-refractivity contribution in [1.82, 2.24) is 0 Å². The molecule has 88 valence electrons. The SMILES string of the molecule is CCC(=O)Nc1cccc2c(O)c(Cl)ccc12. The van der Waals surface area contributed by atoms with Crippen molar-refractivity contribution in [2.75, 3.05) is 5.32 Å². The highest BCUT2D eigenvalue weighted by atomic mass is 35.5. The van der Waals surface area contributed by atoms with Crippen LogP contribution in [0.15, 0.2) is 30.3 Å². The Labute approximate surface area is 104 Å². The summed E-state index contributed by atoms with van der Waals surface area (Å²) in [4.78, 5) is 11.4. The van der Waals surface area contributed by atoms with Crippen molar-refractivity contribution in [3.63, 3.8) is 0 Å². The van der Waals surface area contributed by atoms with Crippen molar-refractivity contribution >= 4 is 34.0 Å². The fourth-order valence-electron chi connectivity index (χ4n) is 1.66. The second-order valence-electron chi connectivity index (χ2n) is 3.70. The standard InChI is InChI=1S/C13H12ClNO2/c1-2-12(16)15-11-5-3-4-9-8(11)6-7-10(14)13(9)17/h3-7,17H,2H2,1H3,(H,15,16). The van der Waals surface area contributed by atoms with Gasteiger partial charge in [-0.25, -0.2) is 0 Å². The van der Waals surface area contributed by atoms with Crippen LogP contribution in [-0.2, 0) is 4.79 Å². The lowest BCUT2D eigenvalue weighted by molar-refractivity contribution is -0.115. The maximum absolute atomic E-state index is 11.4. The van der Waals surface area contributed by atoms with Crippen LogP contribution in [0.25, 0.3) is 10.8 Å². The fraction of sp³-hybridized carbons (Fsp3) is 0.154. The minimum atomic E-state index is -0.0630. The van der Waals surface area contributed by atoms with Gasteiger partial charge in [0.25, 0.3) is 0 Å². The Morgan fingerprint density at radius 2 is 2.06 bits per heavy atom. The number of carbonyl (C=O) groups is 1. The first-order chi connectivity index (χ1) is 8.13. The van der Waals surface area contributed by atoms with Gasteiger partial charge in [-0.3, -0.25) is 4.79 Å². The summed E-state index contributed by atoms with van der Waals surface area (Å²) in [5.74, 6) is -0.0243. The summed E-state index contributed by atoms with van der Waals surface area (Å²) in [6, 6.07) is 8.72. The van der Waals surface area contributed by atoms with Gasteiger partial charge in [0.1, 0.15) is 5.75 Å². The van der Waals surface area contributed by atoms with E-state index < -0.39 is 0 Å². The molecule has 2 rings (SSSR count). The van der Waals surface area contributed by atoms with Crippen LogP contribution in [0.4, 0.5) is 5.69 Å². The van der Waals surface area contributed by atoms with Crippen LogP contribution in [0, 0.1) is 0 Å². The first-order valence-electron chi connectivity index (χ1n) is 5.33. The highest BCUT2D eigenvalue weighted by Gasteiger charge is 2.08. The van der Waals surface area contributed by atoms with Gasteiger partial charge in [-0.1, -0.05) is 36.7 Å². The van der Waals surface area contributed by atoms with Gasteiger partial charge in [-0.2, -0.15) is 0 Å². The molecule has 1 amide bonds. The number of benzene rings is 2. The third kappa shape index (κ3) is 2.19. The smallest absolute Gasteiger partial charge is 0.224 e. The lowest BCUT2D eigenvalue weighted by Gasteiger charge is -2.09. The Kier molecular flexibility index (Phi) is 3.20. The largest absolute Gasteiger partial charge is 0.506 e. The number of halogens is 1. The molecule has 0 saturated heterocycles. The number of aromatic hydroxyl groups is 1. The number of fused-ring (bicyclic) bond motifs is 1. The molecule has 4 heteroatoms. The molecule has 0 aliphatic rings. The van der Waals surface area contributed by atoms with Crippen molar-refractivity contribution in [3.8, 4) is 5.75 Å². The Morgan fingerprint density at radius 3 is 2.76 bits per heavy atom. The molecule has 2 aromatic rings. The van der Waals surface area contributed by atoms with E-state index in [0.717, 1.165) is 5.39 Å². The van der Waals surface area contributed by atoms with Gasteiger partial charge in [-0.15, -0.1) is 0 Å². The van der Waals surface area contributed by atoms with Gasteiger partial charge >= 0.3 is 0 Å². The predicted molar refractivity (Wildman–Crippen MR) is 69.5 cm³/mol. The number of rotatable bonds is 2. The average Bonchev–Trinajstić information content (AvgIpc) is 2.34. The van der Waals surface area contributed by atoms with Crippen LogP contribution < -0.4 is 5.32 Å². The van der Waals surface area contributed by atoms with Crippen LogP contribution in [0.1, 0.15) is 13.3 Å². The number of hydrogen-bond donors (Lipinski definition) is 2. The van der Waals surface area contributed by atoms with Crippen molar-refractivity contribution in [2.24, 2.45) is 0 Å². The fourth-order valence-corrected chi connectivity index (χ4v) is 1.83. The molecular weight excluding hydrogens is 238 g/mol. The lowest BCUT2D eigenvalue weighted by Crippen LogP contribution is -2.09. The number of carbonyl (C=O) groups excluding carboxylic acids is 1. The van der Waals surface area contributed by atoms with Crippen LogP contribution in [0.5, 0.6) is 5.75 Å².